The standard InChI is InChI=1S/C16H20N2O4/c1-10(9-19)17-15(20)8-14-11(2)22-16(18-14)12-4-6-13(21-3)7-5-12/h4-7,10,19H,8-9H2,1-3H3,(H,17,20). The fraction of sp³-hybridized carbons (Fsp3) is 0.375. The Hall–Kier alpha value is -2.34. The highest BCUT2D eigenvalue weighted by Gasteiger charge is 2.15. The lowest BCUT2D eigenvalue weighted by Gasteiger charge is -2.09. The number of aliphatic hydroxyl groups is 1. The number of nitrogens with one attached hydrogen (secondary N) is 1. The normalized spacial score (nSPS) is 12.0. The zero-order chi connectivity index (χ0) is 16.1. The summed E-state index contributed by atoms with van der Waals surface area (Å²) in [6.07, 6.45) is 0.121. The molecule has 2 rings (SSSR count). The third-order valence-electron chi connectivity index (χ3n) is 3.24. The van der Waals surface area contributed by atoms with E-state index in [0.29, 0.717) is 17.3 Å². The van der Waals surface area contributed by atoms with E-state index in [1.54, 1.807) is 21.0 Å². The van der Waals surface area contributed by atoms with Gasteiger partial charge in [-0.25, -0.2) is 4.98 Å². The number of hydrogen-bond donors (Lipinski definition) is 2. The lowest BCUT2D eigenvalue weighted by atomic mass is 10.2. The molecule has 0 aliphatic carbocycles. The smallest absolute Gasteiger partial charge is 0.226 e. The summed E-state index contributed by atoms with van der Waals surface area (Å²) in [6, 6.07) is 7.07. The topological polar surface area (TPSA) is 84.6 Å². The fourth-order valence-electron chi connectivity index (χ4n) is 1.97. The van der Waals surface area contributed by atoms with Crippen LogP contribution in [0.1, 0.15) is 18.4 Å². The van der Waals surface area contributed by atoms with E-state index in [0.717, 1.165) is 11.3 Å². The fourth-order valence-corrected chi connectivity index (χ4v) is 1.97. The second-order valence-corrected chi connectivity index (χ2v) is 5.08. The van der Waals surface area contributed by atoms with Crippen LogP contribution in [0.3, 0.4) is 0 Å². The molecule has 1 heterocycles. The second kappa shape index (κ2) is 7.09. The lowest BCUT2D eigenvalue weighted by Crippen LogP contribution is -2.36. The largest absolute Gasteiger partial charge is 0.497 e. The van der Waals surface area contributed by atoms with E-state index >= 15 is 0 Å². The average molecular weight is 304 g/mol. The number of methoxy groups -OCH3 is 1. The van der Waals surface area contributed by atoms with Gasteiger partial charge < -0.3 is 19.6 Å². The molecular weight excluding hydrogens is 284 g/mol. The molecule has 2 aromatic rings. The van der Waals surface area contributed by atoms with Gasteiger partial charge in [-0.3, -0.25) is 4.79 Å². The minimum atomic E-state index is -0.277. The molecule has 1 aromatic carbocycles. The van der Waals surface area contributed by atoms with Gasteiger partial charge in [-0.05, 0) is 38.1 Å². The van der Waals surface area contributed by atoms with Crippen LogP contribution in [-0.4, -0.2) is 35.8 Å². The van der Waals surface area contributed by atoms with Gasteiger partial charge in [-0.1, -0.05) is 0 Å². The zero-order valence-corrected chi connectivity index (χ0v) is 12.9. The first-order chi connectivity index (χ1) is 10.5. The molecule has 1 aromatic heterocycles. The van der Waals surface area contributed by atoms with Crippen LogP contribution in [0, 0.1) is 6.92 Å². The molecule has 0 radical (unpaired) electrons. The predicted octanol–water partition coefficient (Wildman–Crippen LogP) is 1.70. The predicted molar refractivity (Wildman–Crippen MR) is 81.6 cm³/mol. The molecule has 0 aliphatic rings. The Labute approximate surface area is 129 Å². The van der Waals surface area contributed by atoms with Gasteiger partial charge in [-0.15, -0.1) is 0 Å². The molecule has 0 spiro atoms. The number of ether oxygens (including phenoxy) is 1. The minimum Gasteiger partial charge on any atom is -0.497 e. The number of benzene rings is 1. The Morgan fingerprint density at radius 1 is 1.41 bits per heavy atom. The van der Waals surface area contributed by atoms with Crippen LogP contribution in [0.2, 0.25) is 0 Å². The molecule has 0 saturated carbocycles. The van der Waals surface area contributed by atoms with Gasteiger partial charge in [0.2, 0.25) is 11.8 Å². The van der Waals surface area contributed by atoms with E-state index in [1.165, 1.54) is 0 Å². The number of oxazole rings is 1. The molecule has 118 valence electrons. The molecule has 0 bridgehead atoms. The van der Waals surface area contributed by atoms with Crippen LogP contribution in [0.15, 0.2) is 28.7 Å². The van der Waals surface area contributed by atoms with Crippen LogP contribution in [0.5, 0.6) is 5.75 Å². The van der Waals surface area contributed by atoms with E-state index in [-0.39, 0.29) is 25.0 Å². The van der Waals surface area contributed by atoms with Crippen molar-refractivity contribution >= 4 is 5.91 Å². The van der Waals surface area contributed by atoms with Crippen molar-refractivity contribution in [3.63, 3.8) is 0 Å². The van der Waals surface area contributed by atoms with Crippen LogP contribution in [0.4, 0.5) is 0 Å². The molecule has 1 atom stereocenters. The summed E-state index contributed by atoms with van der Waals surface area (Å²) in [4.78, 5) is 16.2. The molecule has 2 N–H and O–H groups in total. The van der Waals surface area contributed by atoms with E-state index in [2.05, 4.69) is 10.3 Å². The Balaban J connectivity index is 2.11. The van der Waals surface area contributed by atoms with Crippen molar-refractivity contribution in [1.29, 1.82) is 0 Å². The Bertz CT molecular complexity index is 634. The van der Waals surface area contributed by atoms with E-state index in [1.807, 2.05) is 24.3 Å². The number of aryl methyl sites for hydroxylation is 1. The molecule has 6 heteroatoms. The first-order valence-corrected chi connectivity index (χ1v) is 7.04. The summed E-state index contributed by atoms with van der Waals surface area (Å²) >= 11 is 0. The van der Waals surface area contributed by atoms with Crippen LogP contribution < -0.4 is 10.1 Å². The first kappa shape index (κ1) is 16.0. The summed E-state index contributed by atoms with van der Waals surface area (Å²) < 4.78 is 10.7. The van der Waals surface area contributed by atoms with E-state index in [4.69, 9.17) is 14.3 Å². The summed E-state index contributed by atoms with van der Waals surface area (Å²) in [5, 5.41) is 11.6. The maximum absolute atomic E-state index is 11.8. The first-order valence-electron chi connectivity index (χ1n) is 7.04. The van der Waals surface area contributed by atoms with Gasteiger partial charge in [0.25, 0.3) is 0 Å². The third kappa shape index (κ3) is 3.85. The summed E-state index contributed by atoms with van der Waals surface area (Å²) in [7, 11) is 1.61. The van der Waals surface area contributed by atoms with Crippen molar-refractivity contribution < 1.29 is 19.1 Å². The number of aliphatic hydroxyl groups excluding tert-OH is 1. The molecule has 0 aliphatic heterocycles. The van der Waals surface area contributed by atoms with E-state index < -0.39 is 0 Å². The van der Waals surface area contributed by atoms with Crippen molar-refractivity contribution in [3.05, 3.63) is 35.7 Å². The Kier molecular flexibility index (Phi) is 5.16. The van der Waals surface area contributed by atoms with E-state index in [9.17, 15) is 4.79 Å². The molecule has 1 unspecified atom stereocenters. The number of carbonyl (C=O) groups is 1. The third-order valence-corrected chi connectivity index (χ3v) is 3.24. The highest BCUT2D eigenvalue weighted by Crippen LogP contribution is 2.24. The number of carbonyl (C=O) groups excluding carboxylic acids is 1. The van der Waals surface area contributed by atoms with Crippen molar-refractivity contribution in [2.75, 3.05) is 13.7 Å². The molecule has 6 nitrogen and oxygen atoms in total. The van der Waals surface area contributed by atoms with Gasteiger partial charge in [0.15, 0.2) is 0 Å². The van der Waals surface area contributed by atoms with Gasteiger partial charge in [0.1, 0.15) is 11.5 Å². The maximum atomic E-state index is 11.8. The number of amides is 1. The summed E-state index contributed by atoms with van der Waals surface area (Å²) in [6.45, 7) is 3.41. The second-order valence-electron chi connectivity index (χ2n) is 5.08. The highest BCUT2D eigenvalue weighted by molar-refractivity contribution is 5.78. The van der Waals surface area contributed by atoms with Gasteiger partial charge in [0, 0.05) is 11.6 Å². The van der Waals surface area contributed by atoms with Crippen molar-refractivity contribution in [2.45, 2.75) is 26.3 Å². The quantitative estimate of drug-likeness (QED) is 0.848. The lowest BCUT2D eigenvalue weighted by molar-refractivity contribution is -0.121. The molecule has 0 saturated heterocycles. The number of rotatable bonds is 6. The number of aromatic nitrogens is 1. The van der Waals surface area contributed by atoms with Crippen molar-refractivity contribution in [3.8, 4) is 17.2 Å². The summed E-state index contributed by atoms with van der Waals surface area (Å²) in [5.74, 6) is 1.64. The maximum Gasteiger partial charge on any atom is 0.226 e. The SMILES string of the molecule is COc1ccc(-c2nc(CC(=O)NC(C)CO)c(C)o2)cc1. The van der Waals surface area contributed by atoms with Crippen molar-refractivity contribution in [2.24, 2.45) is 0 Å². The van der Waals surface area contributed by atoms with Crippen LogP contribution >= 0.6 is 0 Å². The van der Waals surface area contributed by atoms with Crippen molar-refractivity contribution in [1.82, 2.24) is 10.3 Å². The molecule has 0 fully saturated rings. The van der Waals surface area contributed by atoms with Gasteiger partial charge >= 0.3 is 0 Å². The van der Waals surface area contributed by atoms with Crippen LogP contribution in [0.25, 0.3) is 11.5 Å². The minimum absolute atomic E-state index is 0.0966. The monoisotopic (exact) mass is 304 g/mol. The Morgan fingerprint density at radius 3 is 2.68 bits per heavy atom. The molecular formula is C16H20N2O4. The summed E-state index contributed by atoms with van der Waals surface area (Å²) in [5.41, 5.74) is 1.41. The zero-order valence-electron chi connectivity index (χ0n) is 12.9. The van der Waals surface area contributed by atoms with Gasteiger partial charge in [-0.2, -0.15) is 0 Å². The number of nitrogens with zero attached hydrogens (tertiary/aromatic N) is 1. The van der Waals surface area contributed by atoms with Gasteiger partial charge in [0.05, 0.1) is 25.8 Å². The average Bonchev–Trinajstić information content (AvgIpc) is 2.88. The molecule has 22 heavy (non-hydrogen) atoms. The molecule has 1 amide bonds. The van der Waals surface area contributed by atoms with Crippen LogP contribution in [-0.2, 0) is 11.2 Å². The Morgan fingerprint density at radius 2 is 2.09 bits per heavy atom. The number of hydrogen-bond acceptors (Lipinski definition) is 5. The highest BCUT2D eigenvalue weighted by atomic mass is 16.5.